The molecule has 5 rings (SSSR count). The molecule has 2 aliphatic carbocycles. The number of alkyl halides is 1. The molecule has 8 nitrogen and oxygen atoms in total. The van der Waals surface area contributed by atoms with Crippen LogP contribution in [0.25, 0.3) is 0 Å². The summed E-state index contributed by atoms with van der Waals surface area (Å²) in [6, 6.07) is -0.403. The summed E-state index contributed by atoms with van der Waals surface area (Å²) >= 11 is 0. The summed E-state index contributed by atoms with van der Waals surface area (Å²) in [5.41, 5.74) is 6.36. The molecule has 3 aliphatic heterocycles. The van der Waals surface area contributed by atoms with Gasteiger partial charge in [-0.3, -0.25) is 14.5 Å². The lowest BCUT2D eigenvalue weighted by Gasteiger charge is -2.60. The third-order valence-corrected chi connectivity index (χ3v) is 8.78. The van der Waals surface area contributed by atoms with Crippen molar-refractivity contribution >= 4 is 11.7 Å². The maximum absolute atomic E-state index is 15.8. The van der Waals surface area contributed by atoms with Gasteiger partial charge < -0.3 is 25.6 Å². The zero-order valence-corrected chi connectivity index (χ0v) is 21.2. The largest absolute Gasteiger partial charge is 0.369 e. The molecular formula is C26H42FN5O3. The second-order valence-electron chi connectivity index (χ2n) is 11.5. The van der Waals surface area contributed by atoms with Crippen molar-refractivity contribution in [1.29, 1.82) is 0 Å². The number of morpholine rings is 1. The number of unbranched alkanes of at least 4 members (excludes halogenated alkanes) is 1. The summed E-state index contributed by atoms with van der Waals surface area (Å²) < 4.78 is 22.5. The molecule has 5 aliphatic rings. The average Bonchev–Trinajstić information content (AvgIpc) is 3.25. The molecule has 8 atom stereocenters. The molecule has 0 bridgehead atoms. The first-order valence-electron chi connectivity index (χ1n) is 13.6. The molecule has 4 fully saturated rings. The fraction of sp³-hybridized carbons (Fsp3) is 0.846. The Morgan fingerprint density at radius 2 is 2.03 bits per heavy atom. The molecule has 3 N–H and O–H groups in total. The maximum atomic E-state index is 15.8. The monoisotopic (exact) mass is 491 g/mol. The molecule has 0 spiro atoms. The van der Waals surface area contributed by atoms with Crippen LogP contribution < -0.4 is 11.1 Å². The number of likely N-dealkylation sites (tertiary alicyclic amines) is 1. The van der Waals surface area contributed by atoms with E-state index in [9.17, 15) is 9.59 Å². The van der Waals surface area contributed by atoms with Crippen molar-refractivity contribution in [2.75, 3.05) is 40.3 Å². The fourth-order valence-corrected chi connectivity index (χ4v) is 7.10. The summed E-state index contributed by atoms with van der Waals surface area (Å²) in [4.78, 5) is 33.2. The van der Waals surface area contributed by atoms with Gasteiger partial charge in [-0.2, -0.15) is 0 Å². The highest BCUT2D eigenvalue weighted by Gasteiger charge is 2.59. The Bertz CT molecular complexity index is 838. The van der Waals surface area contributed by atoms with Gasteiger partial charge in [0.2, 0.25) is 0 Å². The summed E-state index contributed by atoms with van der Waals surface area (Å²) in [7, 11) is 4.05. The first-order valence-corrected chi connectivity index (χ1v) is 13.6. The number of Topliss-reactive ketones (excluding diaryl/α,β-unsaturated/α-hetero) is 1. The number of ether oxygens (including phenoxy) is 1. The number of hydrogen-bond acceptors (Lipinski definition) is 7. The predicted octanol–water partition coefficient (Wildman–Crippen LogP) is 1.05. The van der Waals surface area contributed by atoms with E-state index in [1.165, 1.54) is 0 Å². The first-order chi connectivity index (χ1) is 16.8. The van der Waals surface area contributed by atoms with E-state index in [0.717, 1.165) is 58.0 Å². The Kier molecular flexibility index (Phi) is 7.49. The van der Waals surface area contributed by atoms with Crippen LogP contribution in [0.5, 0.6) is 0 Å². The molecule has 1 amide bonds. The third kappa shape index (κ3) is 4.89. The van der Waals surface area contributed by atoms with Gasteiger partial charge in [-0.05, 0) is 59.2 Å². The summed E-state index contributed by atoms with van der Waals surface area (Å²) in [5.74, 6) is -1.10. The molecule has 3 heterocycles. The second-order valence-corrected chi connectivity index (χ2v) is 11.5. The van der Waals surface area contributed by atoms with Gasteiger partial charge in [0.05, 0.1) is 35.9 Å². The van der Waals surface area contributed by atoms with Crippen molar-refractivity contribution < 1.29 is 18.7 Å². The van der Waals surface area contributed by atoms with E-state index in [1.54, 1.807) is 0 Å². The van der Waals surface area contributed by atoms with Crippen LogP contribution in [0.3, 0.4) is 0 Å². The van der Waals surface area contributed by atoms with E-state index in [4.69, 9.17) is 10.5 Å². The average molecular weight is 492 g/mol. The number of rotatable bonds is 7. The van der Waals surface area contributed by atoms with E-state index >= 15 is 4.39 Å². The van der Waals surface area contributed by atoms with Crippen LogP contribution in [0, 0.1) is 5.92 Å². The molecule has 0 aromatic rings. The van der Waals surface area contributed by atoms with Crippen LogP contribution in [0.1, 0.15) is 51.4 Å². The number of carbonyl (C=O) groups is 2. The van der Waals surface area contributed by atoms with Crippen LogP contribution in [0.2, 0.25) is 0 Å². The summed E-state index contributed by atoms with van der Waals surface area (Å²) in [6.45, 7) is 2.93. The number of nitrogens with one attached hydrogen (secondary N) is 1. The van der Waals surface area contributed by atoms with Crippen molar-refractivity contribution in [2.45, 2.75) is 93.9 Å². The Morgan fingerprint density at radius 1 is 1.23 bits per heavy atom. The quantitative estimate of drug-likeness (QED) is 0.406. The third-order valence-electron chi connectivity index (χ3n) is 8.78. The highest BCUT2D eigenvalue weighted by Crippen LogP contribution is 2.47. The van der Waals surface area contributed by atoms with Crippen LogP contribution in [-0.2, 0) is 14.3 Å². The number of nitrogens with two attached hydrogens (primary N) is 1. The normalized spacial score (nSPS) is 39.3. The van der Waals surface area contributed by atoms with Gasteiger partial charge in [0.15, 0.2) is 5.78 Å². The Hall–Kier alpha value is -1.55. The van der Waals surface area contributed by atoms with Gasteiger partial charge in [-0.25, -0.2) is 4.39 Å². The summed E-state index contributed by atoms with van der Waals surface area (Å²) in [6.07, 6.45) is 7.20. The fourth-order valence-electron chi connectivity index (χ4n) is 7.10. The first kappa shape index (κ1) is 25.1. The SMILES string of the molecule is CN(C)CCCCNC(=O)C1=CN2C3CCCCC3OC3C(N4CC[C@H](N)C4)C(F)CC(C1=O)C32. The number of carbonyl (C=O) groups excluding carboxylic acids is 2. The van der Waals surface area contributed by atoms with Crippen molar-refractivity contribution in [3.05, 3.63) is 11.8 Å². The molecule has 35 heavy (non-hydrogen) atoms. The number of nitrogens with zero attached hydrogens (tertiary/aromatic N) is 3. The van der Waals surface area contributed by atoms with Crippen LogP contribution in [0.4, 0.5) is 4.39 Å². The lowest BCUT2D eigenvalue weighted by Crippen LogP contribution is -2.73. The molecule has 7 unspecified atom stereocenters. The van der Waals surface area contributed by atoms with Gasteiger partial charge in [-0.15, -0.1) is 0 Å². The van der Waals surface area contributed by atoms with Crippen molar-refractivity contribution in [3.63, 3.8) is 0 Å². The van der Waals surface area contributed by atoms with Crippen molar-refractivity contribution in [1.82, 2.24) is 20.0 Å². The predicted molar refractivity (Wildman–Crippen MR) is 131 cm³/mol. The Morgan fingerprint density at radius 3 is 2.77 bits per heavy atom. The zero-order valence-electron chi connectivity index (χ0n) is 21.2. The van der Waals surface area contributed by atoms with Gasteiger partial charge in [0.25, 0.3) is 5.91 Å². The van der Waals surface area contributed by atoms with E-state index in [1.807, 2.05) is 20.3 Å². The number of hydrogen-bond donors (Lipinski definition) is 2. The van der Waals surface area contributed by atoms with Crippen molar-refractivity contribution in [3.8, 4) is 0 Å². The van der Waals surface area contributed by atoms with Crippen LogP contribution in [-0.4, -0.2) is 109 Å². The molecule has 2 saturated heterocycles. The number of amides is 1. The molecule has 2 saturated carbocycles. The van der Waals surface area contributed by atoms with Gasteiger partial charge in [0, 0.05) is 37.8 Å². The smallest absolute Gasteiger partial charge is 0.256 e. The topological polar surface area (TPSA) is 91.1 Å². The van der Waals surface area contributed by atoms with Crippen LogP contribution in [0.15, 0.2) is 11.8 Å². The number of ketones is 1. The second kappa shape index (κ2) is 10.4. The molecular weight excluding hydrogens is 449 g/mol. The zero-order chi connectivity index (χ0) is 24.7. The van der Waals surface area contributed by atoms with E-state index in [0.29, 0.717) is 13.1 Å². The number of fused-ring (bicyclic) bond motifs is 2. The van der Waals surface area contributed by atoms with Gasteiger partial charge in [0.1, 0.15) is 6.17 Å². The molecule has 0 aromatic carbocycles. The van der Waals surface area contributed by atoms with Gasteiger partial charge in [-0.1, -0.05) is 12.8 Å². The van der Waals surface area contributed by atoms with Crippen molar-refractivity contribution in [2.24, 2.45) is 11.7 Å². The molecule has 0 aromatic heterocycles. The lowest BCUT2D eigenvalue weighted by atomic mass is 9.69. The highest BCUT2D eigenvalue weighted by molar-refractivity contribution is 6.20. The standard InChI is InChI=1S/C26H42FN5O3/c1-30(2)11-6-5-10-29-26(34)18-15-32-20-7-3-4-8-21(20)35-25-22(32)17(24(18)33)13-19(27)23(25)31-12-9-16(28)14-31/h15-17,19-23,25H,3-14,28H2,1-2H3,(H,29,34)/t16-,17?,19?,20?,21?,22?,23?,25?/m0/s1. The van der Waals surface area contributed by atoms with E-state index in [2.05, 4.69) is 20.0 Å². The van der Waals surface area contributed by atoms with E-state index < -0.39 is 12.1 Å². The minimum absolute atomic E-state index is 0.00882. The Labute approximate surface area is 208 Å². The minimum atomic E-state index is -1.18. The Balaban J connectivity index is 1.38. The van der Waals surface area contributed by atoms with E-state index in [-0.39, 0.29) is 60.1 Å². The maximum Gasteiger partial charge on any atom is 0.256 e. The van der Waals surface area contributed by atoms with Crippen LogP contribution >= 0.6 is 0 Å². The summed E-state index contributed by atoms with van der Waals surface area (Å²) in [5, 5.41) is 2.95. The highest BCUT2D eigenvalue weighted by atomic mass is 19.1. The molecule has 196 valence electrons. The molecule has 0 radical (unpaired) electrons. The minimum Gasteiger partial charge on any atom is -0.369 e. The van der Waals surface area contributed by atoms with Gasteiger partial charge >= 0.3 is 0 Å². The molecule has 9 heteroatoms. The lowest BCUT2D eigenvalue weighted by molar-refractivity contribution is -0.209. The number of halogens is 1.